The minimum absolute atomic E-state index is 0.495. The predicted molar refractivity (Wildman–Crippen MR) is 82.4 cm³/mol. The first kappa shape index (κ1) is 16.2. The van der Waals surface area contributed by atoms with Gasteiger partial charge in [-0.05, 0) is 31.9 Å². The Balaban J connectivity index is 2.36. The third-order valence-corrected chi connectivity index (χ3v) is 3.36. The second-order valence-corrected chi connectivity index (χ2v) is 4.96. The molecule has 1 aromatic rings. The van der Waals surface area contributed by atoms with Crippen LogP contribution in [0.25, 0.3) is 0 Å². The smallest absolute Gasteiger partial charge is 0.0477 e. The monoisotopic (exact) mass is 263 g/mol. The summed E-state index contributed by atoms with van der Waals surface area (Å²) >= 11 is 0. The Kier molecular flexibility index (Phi) is 9.38. The number of rotatable bonds is 11. The van der Waals surface area contributed by atoms with E-state index in [1.165, 1.54) is 31.2 Å². The molecular weight excluding hydrogens is 234 g/mol. The Morgan fingerprint density at radius 3 is 2.53 bits per heavy atom. The molecule has 0 aromatic heterocycles. The minimum Gasteiger partial charge on any atom is -0.382 e. The van der Waals surface area contributed by atoms with Crippen molar-refractivity contribution in [3.05, 3.63) is 35.9 Å². The van der Waals surface area contributed by atoms with Gasteiger partial charge in [0.05, 0.1) is 0 Å². The Morgan fingerprint density at radius 1 is 1.05 bits per heavy atom. The molecule has 108 valence electrons. The molecule has 19 heavy (non-hydrogen) atoms. The van der Waals surface area contributed by atoms with Gasteiger partial charge in [0.2, 0.25) is 0 Å². The second-order valence-electron chi connectivity index (χ2n) is 4.96. The largest absolute Gasteiger partial charge is 0.382 e. The summed E-state index contributed by atoms with van der Waals surface area (Å²) in [6.07, 6.45) is 6.22. The van der Waals surface area contributed by atoms with Gasteiger partial charge < -0.3 is 10.1 Å². The average molecular weight is 263 g/mol. The van der Waals surface area contributed by atoms with Crippen molar-refractivity contribution in [3.8, 4) is 0 Å². The second kappa shape index (κ2) is 11.0. The molecule has 0 fully saturated rings. The fourth-order valence-corrected chi connectivity index (χ4v) is 2.27. The van der Waals surface area contributed by atoms with Gasteiger partial charge >= 0.3 is 0 Å². The molecule has 0 radical (unpaired) electrons. The molecule has 0 aliphatic carbocycles. The molecule has 1 aromatic carbocycles. The number of hydrogen-bond donors (Lipinski definition) is 1. The van der Waals surface area contributed by atoms with E-state index in [-0.39, 0.29) is 0 Å². The van der Waals surface area contributed by atoms with E-state index in [0.717, 1.165) is 26.2 Å². The van der Waals surface area contributed by atoms with Crippen molar-refractivity contribution >= 4 is 0 Å². The highest BCUT2D eigenvalue weighted by atomic mass is 16.5. The molecule has 0 saturated heterocycles. The van der Waals surface area contributed by atoms with Crippen LogP contribution in [0, 0.1) is 0 Å². The van der Waals surface area contributed by atoms with Gasteiger partial charge in [-0.3, -0.25) is 0 Å². The maximum atomic E-state index is 5.38. The summed E-state index contributed by atoms with van der Waals surface area (Å²) in [6.45, 7) is 7.02. The van der Waals surface area contributed by atoms with Gasteiger partial charge in [0, 0.05) is 19.3 Å². The van der Waals surface area contributed by atoms with Crippen LogP contribution in [0.3, 0.4) is 0 Å². The first-order chi connectivity index (χ1) is 9.38. The predicted octanol–water partition coefficient (Wildman–Crippen LogP) is 4.32. The lowest BCUT2D eigenvalue weighted by molar-refractivity contribution is 0.144. The first-order valence-electron chi connectivity index (χ1n) is 7.74. The summed E-state index contributed by atoms with van der Waals surface area (Å²) in [4.78, 5) is 0. The number of unbranched alkanes of at least 4 members (excludes halogenated alkanes) is 2. The van der Waals surface area contributed by atoms with Crippen LogP contribution in [0.1, 0.15) is 57.6 Å². The summed E-state index contributed by atoms with van der Waals surface area (Å²) in [7, 11) is 0. The van der Waals surface area contributed by atoms with Crippen LogP contribution in [0.5, 0.6) is 0 Å². The van der Waals surface area contributed by atoms with Crippen molar-refractivity contribution < 1.29 is 4.74 Å². The molecule has 0 bridgehead atoms. The van der Waals surface area contributed by atoms with E-state index in [1.807, 2.05) is 6.92 Å². The van der Waals surface area contributed by atoms with E-state index in [4.69, 9.17) is 4.74 Å². The van der Waals surface area contributed by atoms with Gasteiger partial charge in [0.25, 0.3) is 0 Å². The fraction of sp³-hybridized carbons (Fsp3) is 0.647. The highest BCUT2D eigenvalue weighted by molar-refractivity contribution is 5.18. The number of nitrogens with one attached hydrogen (secondary N) is 1. The van der Waals surface area contributed by atoms with Crippen LogP contribution in [0.15, 0.2) is 30.3 Å². The van der Waals surface area contributed by atoms with Crippen molar-refractivity contribution in [3.63, 3.8) is 0 Å². The van der Waals surface area contributed by atoms with Crippen molar-refractivity contribution in [2.75, 3.05) is 19.8 Å². The molecule has 1 rings (SSSR count). The van der Waals surface area contributed by atoms with Crippen LogP contribution in [-0.2, 0) is 4.74 Å². The summed E-state index contributed by atoms with van der Waals surface area (Å²) in [5.41, 5.74) is 1.41. The standard InChI is InChI=1S/C17H29NO/c1-3-5-7-13-17(16-11-8-6-9-12-16)18-14-10-15-19-4-2/h6,8-9,11-12,17-18H,3-5,7,10,13-15H2,1-2H3. The number of hydrogen-bond acceptors (Lipinski definition) is 2. The molecule has 0 amide bonds. The van der Waals surface area contributed by atoms with Crippen LogP contribution in [0.2, 0.25) is 0 Å². The van der Waals surface area contributed by atoms with Gasteiger partial charge in [-0.1, -0.05) is 56.5 Å². The molecule has 0 heterocycles. The van der Waals surface area contributed by atoms with Gasteiger partial charge in [-0.15, -0.1) is 0 Å². The van der Waals surface area contributed by atoms with Crippen molar-refractivity contribution in [1.82, 2.24) is 5.32 Å². The lowest BCUT2D eigenvalue weighted by Gasteiger charge is -2.19. The van der Waals surface area contributed by atoms with Crippen molar-refractivity contribution in [2.45, 2.75) is 52.0 Å². The lowest BCUT2D eigenvalue weighted by Crippen LogP contribution is -2.23. The van der Waals surface area contributed by atoms with Gasteiger partial charge in [-0.2, -0.15) is 0 Å². The van der Waals surface area contributed by atoms with Crippen LogP contribution in [0.4, 0.5) is 0 Å². The Hall–Kier alpha value is -0.860. The zero-order chi connectivity index (χ0) is 13.8. The molecule has 0 spiro atoms. The summed E-state index contributed by atoms with van der Waals surface area (Å²) in [5, 5.41) is 3.67. The summed E-state index contributed by atoms with van der Waals surface area (Å²) in [6, 6.07) is 11.3. The third kappa shape index (κ3) is 7.34. The van der Waals surface area contributed by atoms with Crippen molar-refractivity contribution in [1.29, 1.82) is 0 Å². The van der Waals surface area contributed by atoms with E-state index in [0.29, 0.717) is 6.04 Å². The van der Waals surface area contributed by atoms with E-state index < -0.39 is 0 Å². The highest BCUT2D eigenvalue weighted by Crippen LogP contribution is 2.19. The summed E-state index contributed by atoms with van der Waals surface area (Å²) in [5.74, 6) is 0. The first-order valence-corrected chi connectivity index (χ1v) is 7.74. The average Bonchev–Trinajstić information content (AvgIpc) is 2.46. The van der Waals surface area contributed by atoms with Crippen LogP contribution < -0.4 is 5.32 Å². The van der Waals surface area contributed by atoms with Gasteiger partial charge in [0.15, 0.2) is 0 Å². The molecule has 2 nitrogen and oxygen atoms in total. The Bertz CT molecular complexity index is 299. The van der Waals surface area contributed by atoms with Crippen LogP contribution in [-0.4, -0.2) is 19.8 Å². The Labute approximate surface area is 118 Å². The topological polar surface area (TPSA) is 21.3 Å². The van der Waals surface area contributed by atoms with Crippen LogP contribution >= 0.6 is 0 Å². The van der Waals surface area contributed by atoms with E-state index in [9.17, 15) is 0 Å². The molecule has 1 atom stereocenters. The van der Waals surface area contributed by atoms with Crippen molar-refractivity contribution in [2.24, 2.45) is 0 Å². The maximum absolute atomic E-state index is 5.38. The van der Waals surface area contributed by atoms with Gasteiger partial charge in [-0.25, -0.2) is 0 Å². The molecule has 0 saturated carbocycles. The lowest BCUT2D eigenvalue weighted by atomic mass is 10.0. The zero-order valence-electron chi connectivity index (χ0n) is 12.5. The minimum atomic E-state index is 0.495. The molecule has 1 N–H and O–H groups in total. The molecule has 0 aliphatic rings. The maximum Gasteiger partial charge on any atom is 0.0477 e. The fourth-order valence-electron chi connectivity index (χ4n) is 2.27. The van der Waals surface area contributed by atoms with Gasteiger partial charge in [0.1, 0.15) is 0 Å². The number of benzene rings is 1. The molecule has 1 unspecified atom stereocenters. The quantitative estimate of drug-likeness (QED) is 0.600. The molecule has 0 aliphatic heterocycles. The van der Waals surface area contributed by atoms with E-state index in [1.54, 1.807) is 0 Å². The third-order valence-electron chi connectivity index (χ3n) is 3.36. The highest BCUT2D eigenvalue weighted by Gasteiger charge is 2.09. The number of ether oxygens (including phenoxy) is 1. The van der Waals surface area contributed by atoms with E-state index >= 15 is 0 Å². The zero-order valence-corrected chi connectivity index (χ0v) is 12.5. The summed E-state index contributed by atoms with van der Waals surface area (Å²) < 4.78 is 5.38. The normalized spacial score (nSPS) is 12.5. The SMILES string of the molecule is CCCCCC(NCCCOCC)c1ccccc1. The Morgan fingerprint density at radius 2 is 1.84 bits per heavy atom. The molecular formula is C17H29NO. The van der Waals surface area contributed by atoms with E-state index in [2.05, 4.69) is 42.6 Å². The molecule has 2 heteroatoms.